The number of allylic oxidation sites excluding steroid dienone is 2. The van der Waals surface area contributed by atoms with Crippen LogP contribution in [0.15, 0.2) is 53.2 Å². The first-order valence-electron chi connectivity index (χ1n) is 10.3. The van der Waals surface area contributed by atoms with Crippen LogP contribution >= 0.6 is 0 Å². The SMILES string of the molecule is CCOC(=O)C1=C(C)NC2=C(C(=O)c3ccccc32)[C@H]1c1ccc(OC)c(OC)c1OC. The minimum absolute atomic E-state index is 0.140. The van der Waals surface area contributed by atoms with Crippen LogP contribution in [0.3, 0.4) is 0 Å². The van der Waals surface area contributed by atoms with Crippen molar-refractivity contribution in [2.75, 3.05) is 27.9 Å². The summed E-state index contributed by atoms with van der Waals surface area (Å²) in [6.45, 7) is 3.77. The third-order valence-corrected chi connectivity index (χ3v) is 5.79. The van der Waals surface area contributed by atoms with Crippen molar-refractivity contribution in [3.63, 3.8) is 0 Å². The monoisotopic (exact) mass is 435 g/mol. The van der Waals surface area contributed by atoms with Gasteiger partial charge in [0.05, 0.1) is 45.1 Å². The molecule has 1 atom stereocenters. The van der Waals surface area contributed by atoms with Gasteiger partial charge in [0.2, 0.25) is 5.75 Å². The van der Waals surface area contributed by atoms with E-state index in [1.807, 2.05) is 25.1 Å². The Morgan fingerprint density at radius 1 is 0.969 bits per heavy atom. The molecule has 2 aromatic carbocycles. The fourth-order valence-electron chi connectivity index (χ4n) is 4.47. The van der Waals surface area contributed by atoms with Crippen molar-refractivity contribution in [2.45, 2.75) is 19.8 Å². The number of dihydropyridines is 1. The number of fused-ring (bicyclic) bond motifs is 2. The van der Waals surface area contributed by atoms with Crippen molar-refractivity contribution in [3.8, 4) is 17.2 Å². The highest BCUT2D eigenvalue weighted by molar-refractivity contribution is 6.23. The molecular weight excluding hydrogens is 410 g/mol. The molecule has 1 aliphatic carbocycles. The van der Waals surface area contributed by atoms with E-state index in [2.05, 4.69) is 5.32 Å². The summed E-state index contributed by atoms with van der Waals surface area (Å²) < 4.78 is 22.1. The van der Waals surface area contributed by atoms with Crippen LogP contribution in [0.5, 0.6) is 17.2 Å². The van der Waals surface area contributed by atoms with Crippen LogP contribution in [-0.4, -0.2) is 39.7 Å². The quantitative estimate of drug-likeness (QED) is 0.690. The zero-order chi connectivity index (χ0) is 23.0. The van der Waals surface area contributed by atoms with E-state index < -0.39 is 11.9 Å². The molecule has 2 aliphatic rings. The third kappa shape index (κ3) is 3.12. The number of ketones is 1. The number of rotatable bonds is 6. The Balaban J connectivity index is 2.01. The van der Waals surface area contributed by atoms with Crippen LogP contribution in [0.2, 0.25) is 0 Å². The minimum atomic E-state index is -0.708. The van der Waals surface area contributed by atoms with Crippen molar-refractivity contribution in [3.05, 3.63) is 69.9 Å². The molecular formula is C25H25NO6. The van der Waals surface area contributed by atoms with Crippen LogP contribution in [0.25, 0.3) is 5.70 Å². The molecule has 1 aliphatic heterocycles. The van der Waals surface area contributed by atoms with Crippen molar-refractivity contribution in [2.24, 2.45) is 0 Å². The number of benzene rings is 2. The number of carbonyl (C=O) groups excluding carboxylic acids is 2. The number of methoxy groups -OCH3 is 3. The molecule has 0 fully saturated rings. The maximum Gasteiger partial charge on any atom is 0.336 e. The zero-order valence-corrected chi connectivity index (χ0v) is 18.7. The maximum atomic E-state index is 13.6. The molecule has 0 radical (unpaired) electrons. The maximum absolute atomic E-state index is 13.6. The molecule has 0 amide bonds. The highest BCUT2D eigenvalue weighted by Crippen LogP contribution is 2.52. The van der Waals surface area contributed by atoms with Gasteiger partial charge in [0.1, 0.15) is 0 Å². The van der Waals surface area contributed by atoms with E-state index in [9.17, 15) is 9.59 Å². The van der Waals surface area contributed by atoms with Crippen LogP contribution in [0.4, 0.5) is 0 Å². The van der Waals surface area contributed by atoms with Gasteiger partial charge in [0.25, 0.3) is 0 Å². The predicted molar refractivity (Wildman–Crippen MR) is 119 cm³/mol. The van der Waals surface area contributed by atoms with Gasteiger partial charge in [-0.05, 0) is 19.9 Å². The zero-order valence-electron chi connectivity index (χ0n) is 18.7. The molecule has 0 aromatic heterocycles. The Bertz CT molecular complexity index is 1180. The smallest absolute Gasteiger partial charge is 0.336 e. The standard InChI is InChI=1S/C25H25NO6/c1-6-32-25(28)18-13(2)26-21-14-9-7-8-10-15(14)22(27)20(21)19(18)16-11-12-17(29-3)24(31-5)23(16)30-4/h7-12,19,26H,6H2,1-5H3/t19-/m0/s1. The number of Topliss-reactive ketones (excluding diaryl/α,β-unsaturated/α-hetero) is 1. The number of esters is 1. The van der Waals surface area contributed by atoms with Gasteiger partial charge in [-0.15, -0.1) is 0 Å². The average Bonchev–Trinajstić information content (AvgIpc) is 3.08. The molecule has 7 heteroatoms. The van der Waals surface area contributed by atoms with Crippen molar-refractivity contribution < 1.29 is 28.5 Å². The van der Waals surface area contributed by atoms with E-state index in [-0.39, 0.29) is 12.4 Å². The van der Waals surface area contributed by atoms with Crippen molar-refractivity contribution in [1.82, 2.24) is 5.32 Å². The molecule has 0 saturated heterocycles. The van der Waals surface area contributed by atoms with Gasteiger partial charge in [0, 0.05) is 28.0 Å². The second kappa shape index (κ2) is 8.42. The third-order valence-electron chi connectivity index (χ3n) is 5.79. The lowest BCUT2D eigenvalue weighted by molar-refractivity contribution is -0.138. The molecule has 32 heavy (non-hydrogen) atoms. The summed E-state index contributed by atoms with van der Waals surface area (Å²) in [6, 6.07) is 10.9. The molecule has 4 rings (SSSR count). The van der Waals surface area contributed by atoms with Crippen LogP contribution in [-0.2, 0) is 9.53 Å². The van der Waals surface area contributed by atoms with E-state index in [0.29, 0.717) is 50.9 Å². The molecule has 0 spiro atoms. The Morgan fingerprint density at radius 3 is 2.28 bits per heavy atom. The van der Waals surface area contributed by atoms with Gasteiger partial charge < -0.3 is 24.3 Å². The Labute approximate surface area is 186 Å². The number of ether oxygens (including phenoxy) is 4. The van der Waals surface area contributed by atoms with Gasteiger partial charge in [-0.1, -0.05) is 30.3 Å². The van der Waals surface area contributed by atoms with Gasteiger partial charge in [-0.25, -0.2) is 4.79 Å². The van der Waals surface area contributed by atoms with Gasteiger partial charge >= 0.3 is 5.97 Å². The van der Waals surface area contributed by atoms with E-state index in [4.69, 9.17) is 18.9 Å². The van der Waals surface area contributed by atoms with Gasteiger partial charge in [0.15, 0.2) is 17.3 Å². The highest BCUT2D eigenvalue weighted by atomic mass is 16.5. The topological polar surface area (TPSA) is 83.1 Å². The fraction of sp³-hybridized carbons (Fsp3) is 0.280. The Morgan fingerprint density at radius 2 is 1.66 bits per heavy atom. The first-order chi connectivity index (χ1) is 15.5. The normalized spacial score (nSPS) is 16.9. The summed E-state index contributed by atoms with van der Waals surface area (Å²) in [5, 5.41) is 3.28. The average molecular weight is 435 g/mol. The fourth-order valence-corrected chi connectivity index (χ4v) is 4.47. The van der Waals surface area contributed by atoms with Crippen molar-refractivity contribution in [1.29, 1.82) is 0 Å². The molecule has 1 heterocycles. The Kier molecular flexibility index (Phi) is 5.65. The van der Waals surface area contributed by atoms with Crippen LogP contribution in [0, 0.1) is 0 Å². The number of nitrogens with one attached hydrogen (secondary N) is 1. The summed E-state index contributed by atoms with van der Waals surface area (Å²) in [5.41, 5.74) is 4.16. The van der Waals surface area contributed by atoms with E-state index >= 15 is 0 Å². The van der Waals surface area contributed by atoms with Gasteiger partial charge in [-0.3, -0.25) is 4.79 Å². The van der Waals surface area contributed by atoms with Crippen LogP contribution in [0.1, 0.15) is 41.3 Å². The molecule has 0 saturated carbocycles. The van der Waals surface area contributed by atoms with Crippen LogP contribution < -0.4 is 19.5 Å². The van der Waals surface area contributed by atoms with Crippen molar-refractivity contribution >= 4 is 17.4 Å². The molecule has 1 N–H and O–H groups in total. The van der Waals surface area contributed by atoms with E-state index in [0.717, 1.165) is 5.56 Å². The van der Waals surface area contributed by atoms with E-state index in [1.165, 1.54) is 21.3 Å². The second-order valence-corrected chi connectivity index (χ2v) is 7.40. The number of hydrogen-bond acceptors (Lipinski definition) is 7. The van der Waals surface area contributed by atoms with E-state index in [1.54, 1.807) is 25.1 Å². The lowest BCUT2D eigenvalue weighted by Gasteiger charge is -2.30. The molecule has 0 bridgehead atoms. The summed E-state index contributed by atoms with van der Waals surface area (Å²) in [5.74, 6) is -0.0783. The molecule has 0 unspecified atom stereocenters. The summed E-state index contributed by atoms with van der Waals surface area (Å²) in [4.78, 5) is 26.6. The second-order valence-electron chi connectivity index (χ2n) is 7.40. The summed E-state index contributed by atoms with van der Waals surface area (Å²) in [6.07, 6.45) is 0. The summed E-state index contributed by atoms with van der Waals surface area (Å²) in [7, 11) is 4.57. The number of carbonyl (C=O) groups is 2. The predicted octanol–water partition coefficient (Wildman–Crippen LogP) is 3.84. The summed E-state index contributed by atoms with van der Waals surface area (Å²) >= 11 is 0. The largest absolute Gasteiger partial charge is 0.493 e. The number of hydrogen-bond donors (Lipinski definition) is 1. The highest BCUT2D eigenvalue weighted by Gasteiger charge is 2.44. The van der Waals surface area contributed by atoms with Gasteiger partial charge in [-0.2, -0.15) is 0 Å². The lowest BCUT2D eigenvalue weighted by Crippen LogP contribution is -2.29. The minimum Gasteiger partial charge on any atom is -0.493 e. The molecule has 2 aromatic rings. The molecule has 7 nitrogen and oxygen atoms in total. The first kappa shape index (κ1) is 21.5. The lowest BCUT2D eigenvalue weighted by atomic mass is 9.79. The Hall–Kier alpha value is -3.74. The molecule has 166 valence electrons. The first-order valence-corrected chi connectivity index (χ1v) is 10.3.